The van der Waals surface area contributed by atoms with Crippen molar-refractivity contribution < 1.29 is 9.59 Å². The third-order valence-electron chi connectivity index (χ3n) is 6.87. The summed E-state index contributed by atoms with van der Waals surface area (Å²) in [6.45, 7) is 2.96. The van der Waals surface area contributed by atoms with Crippen molar-refractivity contribution in [2.75, 3.05) is 31.1 Å². The lowest BCUT2D eigenvalue weighted by molar-refractivity contribution is -0.138. The van der Waals surface area contributed by atoms with Crippen LogP contribution in [0.2, 0.25) is 0 Å². The highest BCUT2D eigenvalue weighted by molar-refractivity contribution is 7.22. The van der Waals surface area contributed by atoms with Crippen LogP contribution >= 0.6 is 11.3 Å². The SMILES string of the molecule is N#CC1(NC(=O)[C@@H]2CCC[C@@H](C(=O)N3CCN(c4nc5ccccc5s4)CC3)C2)CC1. The second kappa shape index (κ2) is 8.12. The van der Waals surface area contributed by atoms with Crippen LogP contribution in [-0.4, -0.2) is 53.4 Å². The Kier molecular flexibility index (Phi) is 5.30. The summed E-state index contributed by atoms with van der Waals surface area (Å²) in [4.78, 5) is 34.8. The molecule has 31 heavy (non-hydrogen) atoms. The average molecular weight is 438 g/mol. The number of aromatic nitrogens is 1. The van der Waals surface area contributed by atoms with Gasteiger partial charge < -0.3 is 15.1 Å². The Bertz CT molecular complexity index is 999. The van der Waals surface area contributed by atoms with Crippen molar-refractivity contribution >= 4 is 38.5 Å². The first-order chi connectivity index (χ1) is 15.1. The number of fused-ring (bicyclic) bond motifs is 1. The molecule has 0 radical (unpaired) electrons. The number of para-hydroxylation sites is 1. The maximum atomic E-state index is 13.2. The second-order valence-corrected chi connectivity index (χ2v) is 10.0. The minimum Gasteiger partial charge on any atom is -0.345 e. The van der Waals surface area contributed by atoms with Crippen molar-refractivity contribution in [1.82, 2.24) is 15.2 Å². The average Bonchev–Trinajstić information content (AvgIpc) is 3.45. The minimum atomic E-state index is -0.634. The van der Waals surface area contributed by atoms with Gasteiger partial charge in [-0.2, -0.15) is 5.26 Å². The summed E-state index contributed by atoms with van der Waals surface area (Å²) in [5.41, 5.74) is 0.391. The molecule has 2 saturated carbocycles. The quantitative estimate of drug-likeness (QED) is 0.794. The van der Waals surface area contributed by atoms with Crippen molar-refractivity contribution in [3.63, 3.8) is 0 Å². The van der Waals surface area contributed by atoms with Gasteiger partial charge in [0.2, 0.25) is 11.8 Å². The van der Waals surface area contributed by atoms with Gasteiger partial charge >= 0.3 is 0 Å². The number of hydrogen-bond acceptors (Lipinski definition) is 6. The van der Waals surface area contributed by atoms with E-state index in [1.807, 2.05) is 23.1 Å². The number of rotatable bonds is 4. The first-order valence-electron chi connectivity index (χ1n) is 11.2. The molecule has 2 amide bonds. The highest BCUT2D eigenvalue weighted by Crippen LogP contribution is 2.37. The summed E-state index contributed by atoms with van der Waals surface area (Å²) in [5.74, 6) is -0.103. The predicted molar refractivity (Wildman–Crippen MR) is 120 cm³/mol. The van der Waals surface area contributed by atoms with Crippen LogP contribution < -0.4 is 10.2 Å². The molecule has 0 unspecified atom stereocenters. The molecule has 1 aromatic heterocycles. The van der Waals surface area contributed by atoms with Crippen molar-refractivity contribution in [3.8, 4) is 6.07 Å². The van der Waals surface area contributed by atoms with E-state index in [1.54, 1.807) is 11.3 Å². The topological polar surface area (TPSA) is 89.3 Å². The number of piperazine rings is 1. The van der Waals surface area contributed by atoms with Gasteiger partial charge in [-0.1, -0.05) is 29.9 Å². The Morgan fingerprint density at radius 2 is 1.87 bits per heavy atom. The normalized spacial score (nSPS) is 25.1. The van der Waals surface area contributed by atoms with Gasteiger partial charge in [0.05, 0.1) is 16.3 Å². The molecule has 1 aliphatic heterocycles. The van der Waals surface area contributed by atoms with Crippen molar-refractivity contribution in [2.45, 2.75) is 44.1 Å². The number of nitriles is 1. The third-order valence-corrected chi connectivity index (χ3v) is 7.96. The van der Waals surface area contributed by atoms with Crippen LogP contribution in [0.5, 0.6) is 0 Å². The van der Waals surface area contributed by atoms with Gasteiger partial charge in [0.15, 0.2) is 5.13 Å². The molecule has 8 heteroatoms. The maximum absolute atomic E-state index is 13.2. The fourth-order valence-corrected chi connectivity index (χ4v) is 5.77. The number of amides is 2. The Hall–Kier alpha value is -2.66. The Balaban J connectivity index is 1.16. The molecular weight excluding hydrogens is 410 g/mol. The van der Waals surface area contributed by atoms with Gasteiger partial charge in [0.25, 0.3) is 0 Å². The molecule has 0 bridgehead atoms. The number of benzene rings is 1. The number of hydrogen-bond donors (Lipinski definition) is 1. The molecule has 1 aromatic carbocycles. The zero-order valence-corrected chi connectivity index (χ0v) is 18.4. The van der Waals surface area contributed by atoms with Crippen LogP contribution in [0.25, 0.3) is 10.2 Å². The highest BCUT2D eigenvalue weighted by atomic mass is 32.1. The van der Waals surface area contributed by atoms with E-state index in [0.29, 0.717) is 19.5 Å². The maximum Gasteiger partial charge on any atom is 0.225 e. The van der Waals surface area contributed by atoms with E-state index < -0.39 is 5.54 Å². The molecule has 7 nitrogen and oxygen atoms in total. The summed E-state index contributed by atoms with van der Waals surface area (Å²) in [5, 5.41) is 13.2. The van der Waals surface area contributed by atoms with Crippen molar-refractivity contribution in [3.05, 3.63) is 24.3 Å². The number of carbonyl (C=O) groups is 2. The molecule has 2 atom stereocenters. The third kappa shape index (κ3) is 4.11. The number of nitrogens with one attached hydrogen (secondary N) is 1. The smallest absolute Gasteiger partial charge is 0.225 e. The molecule has 1 N–H and O–H groups in total. The summed E-state index contributed by atoms with van der Waals surface area (Å²) in [6, 6.07) is 10.4. The van der Waals surface area contributed by atoms with E-state index in [-0.39, 0.29) is 23.7 Å². The fourth-order valence-electron chi connectivity index (χ4n) is 4.75. The summed E-state index contributed by atoms with van der Waals surface area (Å²) in [6.07, 6.45) is 4.63. The van der Waals surface area contributed by atoms with Crippen molar-refractivity contribution in [2.24, 2.45) is 11.8 Å². The van der Waals surface area contributed by atoms with Gasteiger partial charge in [0, 0.05) is 38.0 Å². The number of anilines is 1. The minimum absolute atomic E-state index is 0.0443. The molecule has 3 aliphatic rings. The van der Waals surface area contributed by atoms with E-state index in [0.717, 1.165) is 55.8 Å². The summed E-state index contributed by atoms with van der Waals surface area (Å²) < 4.78 is 1.19. The molecule has 1 saturated heterocycles. The van der Waals surface area contributed by atoms with E-state index in [1.165, 1.54) is 4.70 Å². The first kappa shape index (κ1) is 20.3. The molecular formula is C23H27N5O2S. The van der Waals surface area contributed by atoms with Gasteiger partial charge in [-0.15, -0.1) is 0 Å². The fraction of sp³-hybridized carbons (Fsp3) is 0.565. The van der Waals surface area contributed by atoms with E-state index in [4.69, 9.17) is 4.98 Å². The van der Waals surface area contributed by atoms with Crippen LogP contribution in [0.4, 0.5) is 5.13 Å². The largest absolute Gasteiger partial charge is 0.345 e. The van der Waals surface area contributed by atoms with Crippen molar-refractivity contribution in [1.29, 1.82) is 5.26 Å². The predicted octanol–water partition coefficient (Wildman–Crippen LogP) is 2.92. The molecule has 0 spiro atoms. The lowest BCUT2D eigenvalue weighted by Gasteiger charge is -2.38. The molecule has 3 fully saturated rings. The lowest BCUT2D eigenvalue weighted by Crippen LogP contribution is -2.51. The standard InChI is InChI=1S/C23H27N5O2S/c24-15-23(8-9-23)26-20(29)16-4-3-5-17(14-16)21(30)27-10-12-28(13-11-27)22-25-18-6-1-2-7-19(18)31-22/h1-2,6-7,16-17H,3-5,8-14H2,(H,26,29)/t16-,17-/m1/s1. The van der Waals surface area contributed by atoms with Crippen LogP contribution in [-0.2, 0) is 9.59 Å². The number of carbonyl (C=O) groups excluding carboxylic acids is 2. The second-order valence-electron chi connectivity index (χ2n) is 9.02. The van der Waals surface area contributed by atoms with E-state index in [2.05, 4.69) is 22.4 Å². The molecule has 162 valence electrons. The van der Waals surface area contributed by atoms with Crippen LogP contribution in [0.3, 0.4) is 0 Å². The van der Waals surface area contributed by atoms with Gasteiger partial charge in [-0.3, -0.25) is 9.59 Å². The Labute approximate surface area is 186 Å². The van der Waals surface area contributed by atoms with Gasteiger partial charge in [0.1, 0.15) is 5.54 Å². The van der Waals surface area contributed by atoms with Crippen LogP contribution in [0.1, 0.15) is 38.5 Å². The zero-order valence-electron chi connectivity index (χ0n) is 17.5. The van der Waals surface area contributed by atoms with Crippen LogP contribution in [0.15, 0.2) is 24.3 Å². The Morgan fingerprint density at radius 1 is 1.13 bits per heavy atom. The summed E-state index contributed by atoms with van der Waals surface area (Å²) >= 11 is 1.70. The van der Waals surface area contributed by atoms with Gasteiger partial charge in [-0.25, -0.2) is 4.98 Å². The Morgan fingerprint density at radius 3 is 2.58 bits per heavy atom. The highest BCUT2D eigenvalue weighted by Gasteiger charge is 2.46. The monoisotopic (exact) mass is 437 g/mol. The molecule has 5 rings (SSSR count). The number of nitrogens with zero attached hydrogens (tertiary/aromatic N) is 4. The first-order valence-corrected chi connectivity index (χ1v) is 12.0. The number of thiazole rings is 1. The summed E-state index contributed by atoms with van der Waals surface area (Å²) in [7, 11) is 0. The van der Waals surface area contributed by atoms with E-state index in [9.17, 15) is 14.9 Å². The molecule has 2 heterocycles. The zero-order chi connectivity index (χ0) is 21.4. The molecule has 2 aliphatic carbocycles. The lowest BCUT2D eigenvalue weighted by atomic mass is 9.80. The molecule has 2 aromatic rings. The van der Waals surface area contributed by atoms with Crippen LogP contribution in [0, 0.1) is 23.2 Å². The van der Waals surface area contributed by atoms with E-state index >= 15 is 0 Å². The van der Waals surface area contributed by atoms with Gasteiger partial charge in [-0.05, 0) is 44.2 Å².